The van der Waals surface area contributed by atoms with E-state index in [9.17, 15) is 14.8 Å². The Bertz CT molecular complexity index is 544. The van der Waals surface area contributed by atoms with Crippen LogP contribution in [0.1, 0.15) is 51.2 Å². The van der Waals surface area contributed by atoms with E-state index in [4.69, 9.17) is 0 Å². The SMILES string of the molecule is CC(C)C1CCC(C#N)(C(O)c2ccc(Br)c(F)c2)CC1. The number of aliphatic hydroxyl groups excluding tert-OH is 1. The predicted molar refractivity (Wildman–Crippen MR) is 83.9 cm³/mol. The lowest BCUT2D eigenvalue weighted by atomic mass is 9.65. The fourth-order valence-electron chi connectivity index (χ4n) is 3.27. The van der Waals surface area contributed by atoms with E-state index in [1.54, 1.807) is 12.1 Å². The fraction of sp³-hybridized carbons (Fsp3) is 0.588. The molecule has 0 spiro atoms. The van der Waals surface area contributed by atoms with Crippen LogP contribution in [-0.4, -0.2) is 5.11 Å². The summed E-state index contributed by atoms with van der Waals surface area (Å²) >= 11 is 3.11. The van der Waals surface area contributed by atoms with Gasteiger partial charge >= 0.3 is 0 Å². The Kier molecular flexibility index (Phi) is 5.06. The van der Waals surface area contributed by atoms with Crippen LogP contribution in [0.15, 0.2) is 22.7 Å². The molecule has 4 heteroatoms. The Hall–Kier alpha value is -0.920. The lowest BCUT2D eigenvalue weighted by molar-refractivity contribution is 0.0188. The number of nitriles is 1. The van der Waals surface area contributed by atoms with Gasteiger partial charge in [0.05, 0.1) is 22.1 Å². The average Bonchev–Trinajstić information content (AvgIpc) is 2.49. The van der Waals surface area contributed by atoms with Crippen LogP contribution in [0.2, 0.25) is 0 Å². The second kappa shape index (κ2) is 6.46. The molecule has 0 amide bonds. The lowest BCUT2D eigenvalue weighted by Gasteiger charge is -2.39. The Morgan fingerprint density at radius 2 is 2.00 bits per heavy atom. The largest absolute Gasteiger partial charge is 0.387 e. The first-order valence-corrected chi connectivity index (χ1v) is 8.23. The molecule has 0 saturated heterocycles. The summed E-state index contributed by atoms with van der Waals surface area (Å²) in [5.41, 5.74) is -0.300. The maximum Gasteiger partial charge on any atom is 0.137 e. The summed E-state index contributed by atoms with van der Waals surface area (Å²) in [5, 5.41) is 20.2. The van der Waals surface area contributed by atoms with Crippen LogP contribution in [-0.2, 0) is 0 Å². The molecule has 1 N–H and O–H groups in total. The van der Waals surface area contributed by atoms with Crippen molar-refractivity contribution < 1.29 is 9.50 Å². The summed E-state index contributed by atoms with van der Waals surface area (Å²) in [6, 6.07) is 6.91. The fourth-order valence-corrected chi connectivity index (χ4v) is 3.52. The van der Waals surface area contributed by atoms with Crippen LogP contribution in [0.4, 0.5) is 4.39 Å². The predicted octanol–water partition coefficient (Wildman–Crippen LogP) is 4.98. The molecular weight excluding hydrogens is 333 g/mol. The summed E-state index contributed by atoms with van der Waals surface area (Å²) in [5.74, 6) is 0.805. The molecule has 2 rings (SSSR count). The van der Waals surface area contributed by atoms with E-state index in [1.807, 2.05) is 0 Å². The van der Waals surface area contributed by atoms with E-state index in [0.29, 0.717) is 34.7 Å². The highest BCUT2D eigenvalue weighted by molar-refractivity contribution is 9.10. The highest BCUT2D eigenvalue weighted by atomic mass is 79.9. The minimum atomic E-state index is -0.932. The molecule has 0 bridgehead atoms. The quantitative estimate of drug-likeness (QED) is 0.832. The Balaban J connectivity index is 2.21. The highest BCUT2D eigenvalue weighted by Gasteiger charge is 2.43. The zero-order valence-corrected chi connectivity index (χ0v) is 14.0. The molecule has 0 radical (unpaired) electrons. The first kappa shape index (κ1) is 16.5. The molecule has 1 aromatic carbocycles. The molecule has 1 fully saturated rings. The van der Waals surface area contributed by atoms with Gasteiger partial charge in [-0.05, 0) is 71.1 Å². The maximum atomic E-state index is 13.7. The standard InChI is InChI=1S/C17H21BrFNO/c1-11(2)12-5-7-17(10-20,8-6-12)16(21)13-3-4-14(18)15(19)9-13/h3-4,9,11-12,16,21H,5-8H2,1-2H3. The third-order valence-corrected chi connectivity index (χ3v) is 5.51. The summed E-state index contributed by atoms with van der Waals surface area (Å²) in [7, 11) is 0. The first-order chi connectivity index (χ1) is 9.89. The molecule has 1 atom stereocenters. The van der Waals surface area contributed by atoms with Crippen LogP contribution in [0.5, 0.6) is 0 Å². The third-order valence-electron chi connectivity index (χ3n) is 4.87. The molecule has 0 aromatic heterocycles. The van der Waals surface area contributed by atoms with Gasteiger partial charge in [-0.3, -0.25) is 0 Å². The van der Waals surface area contributed by atoms with Gasteiger partial charge in [0.25, 0.3) is 0 Å². The second-order valence-electron chi connectivity index (χ2n) is 6.43. The van der Waals surface area contributed by atoms with E-state index >= 15 is 0 Å². The van der Waals surface area contributed by atoms with E-state index in [2.05, 4.69) is 35.8 Å². The zero-order chi connectivity index (χ0) is 15.6. The summed E-state index contributed by atoms with van der Waals surface area (Å²) in [6.07, 6.45) is 2.30. The van der Waals surface area contributed by atoms with Crippen LogP contribution < -0.4 is 0 Å². The molecule has 1 unspecified atom stereocenters. The Morgan fingerprint density at radius 1 is 1.38 bits per heavy atom. The zero-order valence-electron chi connectivity index (χ0n) is 12.4. The molecule has 1 aliphatic carbocycles. The topological polar surface area (TPSA) is 44.0 Å². The number of hydrogen-bond acceptors (Lipinski definition) is 2. The molecule has 1 saturated carbocycles. The van der Waals surface area contributed by atoms with E-state index in [1.165, 1.54) is 6.07 Å². The van der Waals surface area contributed by atoms with Crippen molar-refractivity contribution in [3.63, 3.8) is 0 Å². The van der Waals surface area contributed by atoms with Gasteiger partial charge in [0.15, 0.2) is 0 Å². The normalized spacial score (nSPS) is 27.4. The second-order valence-corrected chi connectivity index (χ2v) is 7.28. The minimum absolute atomic E-state index is 0.368. The van der Waals surface area contributed by atoms with Crippen molar-refractivity contribution in [2.24, 2.45) is 17.3 Å². The van der Waals surface area contributed by atoms with E-state index in [0.717, 1.165) is 12.8 Å². The number of halogens is 2. The monoisotopic (exact) mass is 353 g/mol. The van der Waals surface area contributed by atoms with Crippen molar-refractivity contribution in [1.82, 2.24) is 0 Å². The van der Waals surface area contributed by atoms with Crippen LogP contribution in [0.3, 0.4) is 0 Å². The lowest BCUT2D eigenvalue weighted by Crippen LogP contribution is -2.33. The molecule has 0 aliphatic heterocycles. The smallest absolute Gasteiger partial charge is 0.137 e. The molecule has 1 aromatic rings. The molecule has 0 heterocycles. The van der Waals surface area contributed by atoms with Gasteiger partial charge < -0.3 is 5.11 Å². The first-order valence-electron chi connectivity index (χ1n) is 7.44. The number of aliphatic hydroxyl groups is 1. The summed E-state index contributed by atoms with van der Waals surface area (Å²) in [6.45, 7) is 4.40. The van der Waals surface area contributed by atoms with Gasteiger partial charge in [-0.15, -0.1) is 0 Å². The Labute approximate surface area is 134 Å². The van der Waals surface area contributed by atoms with Gasteiger partial charge in [-0.25, -0.2) is 4.39 Å². The number of nitrogens with zero attached hydrogens (tertiary/aromatic N) is 1. The van der Waals surface area contributed by atoms with Crippen molar-refractivity contribution in [1.29, 1.82) is 5.26 Å². The van der Waals surface area contributed by atoms with E-state index in [-0.39, 0.29) is 0 Å². The number of rotatable bonds is 3. The molecular formula is C17H21BrFNO. The number of hydrogen-bond donors (Lipinski definition) is 1. The van der Waals surface area contributed by atoms with Crippen molar-refractivity contribution in [2.45, 2.75) is 45.6 Å². The van der Waals surface area contributed by atoms with Gasteiger partial charge in [0.2, 0.25) is 0 Å². The third kappa shape index (κ3) is 3.30. The average molecular weight is 354 g/mol. The minimum Gasteiger partial charge on any atom is -0.387 e. The van der Waals surface area contributed by atoms with E-state index < -0.39 is 17.3 Å². The van der Waals surface area contributed by atoms with Crippen LogP contribution in [0.25, 0.3) is 0 Å². The van der Waals surface area contributed by atoms with Crippen molar-refractivity contribution in [2.75, 3.05) is 0 Å². The highest BCUT2D eigenvalue weighted by Crippen LogP contribution is 2.48. The van der Waals surface area contributed by atoms with Gasteiger partial charge in [-0.1, -0.05) is 19.9 Å². The van der Waals surface area contributed by atoms with Crippen molar-refractivity contribution in [3.8, 4) is 6.07 Å². The number of benzene rings is 1. The summed E-state index contributed by atoms with van der Waals surface area (Å²) in [4.78, 5) is 0. The Morgan fingerprint density at radius 3 is 2.48 bits per heavy atom. The van der Waals surface area contributed by atoms with Crippen LogP contribution >= 0.6 is 15.9 Å². The van der Waals surface area contributed by atoms with Crippen LogP contribution in [0, 0.1) is 34.4 Å². The van der Waals surface area contributed by atoms with Crippen molar-refractivity contribution >= 4 is 15.9 Å². The molecule has 114 valence electrons. The maximum absolute atomic E-state index is 13.7. The van der Waals surface area contributed by atoms with Gasteiger partial charge in [0.1, 0.15) is 5.82 Å². The van der Waals surface area contributed by atoms with Gasteiger partial charge in [-0.2, -0.15) is 5.26 Å². The van der Waals surface area contributed by atoms with Crippen molar-refractivity contribution in [3.05, 3.63) is 34.1 Å². The molecule has 2 nitrogen and oxygen atoms in total. The molecule has 21 heavy (non-hydrogen) atoms. The van der Waals surface area contributed by atoms with Gasteiger partial charge in [0, 0.05) is 0 Å². The summed E-state index contributed by atoms with van der Waals surface area (Å²) < 4.78 is 14.0. The molecule has 1 aliphatic rings.